The van der Waals surface area contributed by atoms with Crippen molar-refractivity contribution in [1.29, 1.82) is 10.5 Å². The van der Waals surface area contributed by atoms with E-state index in [1.807, 2.05) is 0 Å². The molecule has 23 heavy (non-hydrogen) atoms. The molecule has 0 unspecified atom stereocenters. The van der Waals surface area contributed by atoms with Gasteiger partial charge in [-0.05, 0) is 18.2 Å². The molecule has 0 aliphatic heterocycles. The van der Waals surface area contributed by atoms with Crippen LogP contribution in [0.2, 0.25) is 5.02 Å². The second-order valence-corrected chi connectivity index (χ2v) is 5.04. The molecular weight excluding hydrogens is 316 g/mol. The average molecular weight is 326 g/mol. The number of carboxylic acid groups (broad SMARTS) is 1. The van der Waals surface area contributed by atoms with Crippen molar-refractivity contribution in [2.45, 2.75) is 13.0 Å². The maximum absolute atomic E-state index is 10.6. The molecule has 0 spiro atoms. The summed E-state index contributed by atoms with van der Waals surface area (Å²) in [6.45, 7) is 0.130. The number of hydrogen-bond acceptors (Lipinski definition) is 5. The number of nitrogens with zero attached hydrogens (tertiary/aromatic N) is 4. The summed E-state index contributed by atoms with van der Waals surface area (Å²) in [6, 6.07) is 10.5. The van der Waals surface area contributed by atoms with Gasteiger partial charge in [0.25, 0.3) is 0 Å². The molecule has 0 saturated heterocycles. The predicted molar refractivity (Wildman–Crippen MR) is 81.5 cm³/mol. The third kappa shape index (κ3) is 4.19. The molecule has 0 N–H and O–H groups in total. The van der Waals surface area contributed by atoms with Gasteiger partial charge in [-0.1, -0.05) is 23.7 Å². The molecule has 6 nitrogen and oxygen atoms in total. The molecular formula is C16H10ClN4O2-. The number of nitriles is 2. The maximum atomic E-state index is 10.6. The number of carbonyl (C=O) groups excluding carboxylic acids is 1. The van der Waals surface area contributed by atoms with Gasteiger partial charge in [0, 0.05) is 41.3 Å². The highest BCUT2D eigenvalue weighted by Gasteiger charge is 2.11. The van der Waals surface area contributed by atoms with Crippen molar-refractivity contribution in [3.63, 3.8) is 0 Å². The summed E-state index contributed by atoms with van der Waals surface area (Å²) in [4.78, 5) is 10.6. The lowest BCUT2D eigenvalue weighted by Gasteiger charge is -2.02. The third-order valence-electron chi connectivity index (χ3n) is 2.99. The van der Waals surface area contributed by atoms with Crippen LogP contribution in [0.25, 0.3) is 17.3 Å². The molecule has 2 aromatic rings. The van der Waals surface area contributed by atoms with Gasteiger partial charge in [-0.3, -0.25) is 4.68 Å². The first-order chi connectivity index (χ1) is 11.0. The Balaban J connectivity index is 2.47. The highest BCUT2D eigenvalue weighted by atomic mass is 35.5. The van der Waals surface area contributed by atoms with Crippen LogP contribution in [0, 0.1) is 22.7 Å². The molecule has 7 heteroatoms. The van der Waals surface area contributed by atoms with Gasteiger partial charge in [0.2, 0.25) is 0 Å². The van der Waals surface area contributed by atoms with Crippen molar-refractivity contribution < 1.29 is 9.90 Å². The van der Waals surface area contributed by atoms with E-state index < -0.39 is 5.97 Å². The number of aromatic nitrogens is 2. The minimum Gasteiger partial charge on any atom is -0.550 e. The number of aliphatic carboxylic acids is 1. The predicted octanol–water partition coefficient (Wildman–Crippen LogP) is 1.77. The molecule has 0 radical (unpaired) electrons. The Bertz CT molecular complexity index is 822. The van der Waals surface area contributed by atoms with Crippen LogP contribution in [0.15, 0.2) is 36.0 Å². The zero-order valence-corrected chi connectivity index (χ0v) is 12.6. The molecule has 0 bridgehead atoms. The van der Waals surface area contributed by atoms with Crippen LogP contribution >= 0.6 is 11.6 Å². The van der Waals surface area contributed by atoms with E-state index in [0.717, 1.165) is 5.56 Å². The smallest absolute Gasteiger partial charge is 0.130 e. The first kappa shape index (κ1) is 16.3. The van der Waals surface area contributed by atoms with Crippen LogP contribution in [0.4, 0.5) is 0 Å². The highest BCUT2D eigenvalue weighted by molar-refractivity contribution is 6.30. The van der Waals surface area contributed by atoms with E-state index in [1.54, 1.807) is 42.6 Å². The number of hydrogen-bond donors (Lipinski definition) is 0. The molecule has 0 amide bonds. The first-order valence-corrected chi connectivity index (χ1v) is 6.96. The summed E-state index contributed by atoms with van der Waals surface area (Å²) in [5.41, 5.74) is 1.74. The standard InChI is InChI=1S/C16H11ClN4O2/c17-14-3-1-12(2-4-14)16-13(7-11(8-18)9-19)10-21(20-16)6-5-15(22)23/h1-4,7,10H,5-6H2,(H,22,23)/p-1. The summed E-state index contributed by atoms with van der Waals surface area (Å²) in [7, 11) is 0. The highest BCUT2D eigenvalue weighted by Crippen LogP contribution is 2.25. The van der Waals surface area contributed by atoms with Crippen LogP contribution in [-0.2, 0) is 11.3 Å². The maximum Gasteiger partial charge on any atom is 0.130 e. The largest absolute Gasteiger partial charge is 0.550 e. The SMILES string of the molecule is N#CC(C#N)=Cc1cn(CCC(=O)[O-])nc1-c1ccc(Cl)cc1. The number of benzene rings is 1. The average Bonchev–Trinajstić information content (AvgIpc) is 2.94. The van der Waals surface area contributed by atoms with E-state index in [0.29, 0.717) is 16.3 Å². The lowest BCUT2D eigenvalue weighted by Crippen LogP contribution is -2.23. The van der Waals surface area contributed by atoms with Crippen molar-refractivity contribution in [3.05, 3.63) is 46.6 Å². The molecule has 0 fully saturated rings. The summed E-state index contributed by atoms with van der Waals surface area (Å²) < 4.78 is 1.44. The molecule has 2 rings (SSSR count). The second-order valence-electron chi connectivity index (χ2n) is 4.61. The molecule has 0 saturated carbocycles. The number of aryl methyl sites for hydroxylation is 1. The Morgan fingerprint density at radius 3 is 2.52 bits per heavy atom. The number of halogens is 1. The topological polar surface area (TPSA) is 106 Å². The number of rotatable bonds is 5. The van der Waals surface area contributed by atoms with Crippen molar-refractivity contribution in [2.24, 2.45) is 0 Å². The van der Waals surface area contributed by atoms with E-state index in [1.165, 1.54) is 10.8 Å². The summed E-state index contributed by atoms with van der Waals surface area (Å²) in [5, 5.41) is 33.3. The Kier molecular flexibility index (Phi) is 5.14. The zero-order chi connectivity index (χ0) is 16.8. The Morgan fingerprint density at radius 1 is 1.30 bits per heavy atom. The van der Waals surface area contributed by atoms with Crippen LogP contribution in [0.1, 0.15) is 12.0 Å². The van der Waals surface area contributed by atoms with Crippen LogP contribution in [-0.4, -0.2) is 15.7 Å². The summed E-state index contributed by atoms with van der Waals surface area (Å²) >= 11 is 5.86. The monoisotopic (exact) mass is 325 g/mol. The fourth-order valence-electron chi connectivity index (χ4n) is 1.94. The van der Waals surface area contributed by atoms with E-state index in [9.17, 15) is 9.90 Å². The van der Waals surface area contributed by atoms with Gasteiger partial charge in [0.05, 0.1) is 5.69 Å². The number of carboxylic acids is 1. The zero-order valence-electron chi connectivity index (χ0n) is 11.9. The Hall–Kier alpha value is -3.09. The molecule has 0 aliphatic carbocycles. The van der Waals surface area contributed by atoms with Gasteiger partial charge in [-0.2, -0.15) is 15.6 Å². The van der Waals surface area contributed by atoms with E-state index >= 15 is 0 Å². The van der Waals surface area contributed by atoms with Gasteiger partial charge in [0.1, 0.15) is 17.7 Å². The van der Waals surface area contributed by atoms with E-state index in [2.05, 4.69) is 5.10 Å². The third-order valence-corrected chi connectivity index (χ3v) is 3.25. The van der Waals surface area contributed by atoms with Crippen molar-refractivity contribution in [2.75, 3.05) is 0 Å². The van der Waals surface area contributed by atoms with Crippen LogP contribution < -0.4 is 5.11 Å². The van der Waals surface area contributed by atoms with Crippen LogP contribution in [0.5, 0.6) is 0 Å². The molecule has 0 atom stereocenters. The Labute approximate surface area is 137 Å². The number of carbonyl (C=O) groups is 1. The minimum absolute atomic E-state index is 0.0698. The van der Waals surface area contributed by atoms with E-state index in [-0.39, 0.29) is 18.5 Å². The van der Waals surface area contributed by atoms with E-state index in [4.69, 9.17) is 22.1 Å². The fourth-order valence-corrected chi connectivity index (χ4v) is 2.07. The Morgan fingerprint density at radius 2 is 1.96 bits per heavy atom. The number of allylic oxidation sites excluding steroid dienone is 1. The van der Waals surface area contributed by atoms with Gasteiger partial charge in [-0.15, -0.1) is 0 Å². The van der Waals surface area contributed by atoms with Crippen LogP contribution in [0.3, 0.4) is 0 Å². The van der Waals surface area contributed by atoms with Gasteiger partial charge in [0.15, 0.2) is 0 Å². The van der Waals surface area contributed by atoms with Crippen molar-refractivity contribution >= 4 is 23.6 Å². The van der Waals surface area contributed by atoms with Gasteiger partial charge in [-0.25, -0.2) is 0 Å². The normalized spacial score (nSPS) is 9.70. The van der Waals surface area contributed by atoms with Gasteiger partial charge >= 0.3 is 0 Å². The quantitative estimate of drug-likeness (QED) is 0.779. The van der Waals surface area contributed by atoms with Gasteiger partial charge < -0.3 is 9.90 Å². The molecule has 0 aliphatic rings. The van der Waals surface area contributed by atoms with Crippen molar-refractivity contribution in [3.8, 4) is 23.4 Å². The lowest BCUT2D eigenvalue weighted by molar-refractivity contribution is -0.306. The fraction of sp³-hybridized carbons (Fsp3) is 0.125. The molecule has 1 aromatic carbocycles. The summed E-state index contributed by atoms with van der Waals surface area (Å²) in [6.07, 6.45) is 2.81. The summed E-state index contributed by atoms with van der Waals surface area (Å²) in [5.74, 6) is -1.18. The molecule has 1 heterocycles. The first-order valence-electron chi connectivity index (χ1n) is 6.58. The molecule has 114 valence electrons. The van der Waals surface area contributed by atoms with Crippen molar-refractivity contribution in [1.82, 2.24) is 9.78 Å². The second kappa shape index (κ2) is 7.26. The lowest BCUT2D eigenvalue weighted by atomic mass is 10.1. The minimum atomic E-state index is -1.18. The molecule has 1 aromatic heterocycles.